The number of hydrogen-bond acceptors (Lipinski definition) is 4. The Morgan fingerprint density at radius 3 is 2.95 bits per heavy atom. The minimum atomic E-state index is 0.530. The van der Waals surface area contributed by atoms with Crippen molar-refractivity contribution in [1.29, 1.82) is 0 Å². The van der Waals surface area contributed by atoms with E-state index < -0.39 is 0 Å². The van der Waals surface area contributed by atoms with Gasteiger partial charge in [0.25, 0.3) is 0 Å². The van der Waals surface area contributed by atoms with E-state index in [1.54, 1.807) is 0 Å². The Kier molecular flexibility index (Phi) is 5.40. The largest absolute Gasteiger partial charge is 0.370 e. The molecule has 5 heteroatoms. The summed E-state index contributed by atoms with van der Waals surface area (Å²) in [4.78, 5) is 11.2. The predicted octanol–water partition coefficient (Wildman–Crippen LogP) is 2.84. The van der Waals surface area contributed by atoms with Crippen molar-refractivity contribution in [2.24, 2.45) is 5.92 Å². The molecule has 0 bridgehead atoms. The van der Waals surface area contributed by atoms with Gasteiger partial charge in [0, 0.05) is 25.6 Å². The molecule has 1 aromatic heterocycles. The maximum Gasteiger partial charge on any atom is 0.134 e. The van der Waals surface area contributed by atoms with Crippen LogP contribution in [0.3, 0.4) is 0 Å². The van der Waals surface area contributed by atoms with Crippen LogP contribution in [0.15, 0.2) is 6.07 Å². The van der Waals surface area contributed by atoms with E-state index in [1.165, 1.54) is 19.5 Å². The second kappa shape index (κ2) is 7.06. The number of anilines is 1. The normalized spacial score (nSPS) is 19.8. The first-order valence-electron chi connectivity index (χ1n) is 7.21. The number of aryl methyl sites for hydroxylation is 1. The highest BCUT2D eigenvalue weighted by molar-refractivity contribution is 6.29. The van der Waals surface area contributed by atoms with Crippen LogP contribution in [0.2, 0.25) is 5.15 Å². The van der Waals surface area contributed by atoms with Crippen LogP contribution in [0.4, 0.5) is 5.82 Å². The van der Waals surface area contributed by atoms with Crippen LogP contribution < -0.4 is 5.32 Å². The molecule has 1 N–H and O–H groups in total. The summed E-state index contributed by atoms with van der Waals surface area (Å²) in [5.74, 6) is 2.40. The van der Waals surface area contributed by atoms with Crippen molar-refractivity contribution in [2.75, 3.05) is 31.5 Å². The van der Waals surface area contributed by atoms with Gasteiger partial charge in [0.2, 0.25) is 0 Å². The first kappa shape index (κ1) is 14.5. The average molecular weight is 283 g/mol. The highest BCUT2D eigenvalue weighted by atomic mass is 35.5. The second-order valence-corrected chi connectivity index (χ2v) is 5.56. The van der Waals surface area contributed by atoms with Gasteiger partial charge >= 0.3 is 0 Å². The van der Waals surface area contributed by atoms with Gasteiger partial charge in [-0.3, -0.25) is 0 Å². The topological polar surface area (TPSA) is 41.1 Å². The molecule has 1 aliphatic rings. The molecule has 1 aliphatic heterocycles. The van der Waals surface area contributed by atoms with Crippen LogP contribution in [0.5, 0.6) is 0 Å². The zero-order valence-corrected chi connectivity index (χ0v) is 12.6. The van der Waals surface area contributed by atoms with Crippen LogP contribution >= 0.6 is 11.6 Å². The van der Waals surface area contributed by atoms with Gasteiger partial charge in [-0.15, -0.1) is 0 Å². The first-order valence-corrected chi connectivity index (χ1v) is 7.58. The molecule has 2 rings (SSSR count). The monoisotopic (exact) mass is 282 g/mol. The van der Waals surface area contributed by atoms with Crippen molar-refractivity contribution in [1.82, 2.24) is 14.9 Å². The molecule has 0 aromatic carbocycles. The Morgan fingerprint density at radius 1 is 1.42 bits per heavy atom. The number of nitrogens with one attached hydrogen (secondary N) is 1. The van der Waals surface area contributed by atoms with E-state index in [2.05, 4.69) is 34.0 Å². The Labute approximate surface area is 120 Å². The smallest absolute Gasteiger partial charge is 0.134 e. The Balaban J connectivity index is 1.88. The fraction of sp³-hybridized carbons (Fsp3) is 0.714. The molecule has 106 valence electrons. The summed E-state index contributed by atoms with van der Waals surface area (Å²) in [6.07, 6.45) is 3.18. The Hall–Kier alpha value is -0.870. The molecule has 0 aliphatic carbocycles. The molecule has 0 amide bonds. The van der Waals surface area contributed by atoms with Gasteiger partial charge in [0.1, 0.15) is 16.8 Å². The van der Waals surface area contributed by atoms with Crippen molar-refractivity contribution in [2.45, 2.75) is 33.1 Å². The zero-order chi connectivity index (χ0) is 13.7. The molecule has 1 saturated heterocycles. The lowest BCUT2D eigenvalue weighted by Crippen LogP contribution is -2.22. The zero-order valence-electron chi connectivity index (χ0n) is 11.8. The van der Waals surface area contributed by atoms with E-state index in [4.69, 9.17) is 11.6 Å². The van der Waals surface area contributed by atoms with E-state index in [1.807, 2.05) is 6.07 Å². The lowest BCUT2D eigenvalue weighted by molar-refractivity contribution is 0.345. The molecule has 1 fully saturated rings. The van der Waals surface area contributed by atoms with E-state index in [0.717, 1.165) is 37.6 Å². The fourth-order valence-corrected chi connectivity index (χ4v) is 2.71. The highest BCUT2D eigenvalue weighted by Crippen LogP contribution is 2.18. The summed E-state index contributed by atoms with van der Waals surface area (Å²) in [5.41, 5.74) is 0. The third kappa shape index (κ3) is 4.32. The van der Waals surface area contributed by atoms with Crippen molar-refractivity contribution < 1.29 is 0 Å². The number of halogens is 1. The quantitative estimate of drug-likeness (QED) is 0.815. The summed E-state index contributed by atoms with van der Waals surface area (Å²) in [7, 11) is 0. The average Bonchev–Trinajstić information content (AvgIpc) is 2.84. The molecule has 1 atom stereocenters. The summed E-state index contributed by atoms with van der Waals surface area (Å²) in [5, 5.41) is 3.94. The van der Waals surface area contributed by atoms with Crippen molar-refractivity contribution in [3.8, 4) is 0 Å². The number of hydrogen-bond donors (Lipinski definition) is 1. The van der Waals surface area contributed by atoms with Gasteiger partial charge in [-0.25, -0.2) is 9.97 Å². The van der Waals surface area contributed by atoms with Crippen LogP contribution in [0.25, 0.3) is 0 Å². The molecule has 2 heterocycles. The molecular formula is C14H23ClN4. The van der Waals surface area contributed by atoms with Gasteiger partial charge in [-0.05, 0) is 31.8 Å². The molecule has 19 heavy (non-hydrogen) atoms. The van der Waals surface area contributed by atoms with Gasteiger partial charge in [0.15, 0.2) is 0 Å². The molecule has 0 spiro atoms. The lowest BCUT2D eigenvalue weighted by Gasteiger charge is -2.14. The Bertz CT molecular complexity index is 410. The van der Waals surface area contributed by atoms with E-state index in [-0.39, 0.29) is 0 Å². The number of aromatic nitrogens is 2. The maximum atomic E-state index is 6.03. The van der Waals surface area contributed by atoms with Gasteiger partial charge in [-0.1, -0.05) is 25.4 Å². The maximum absolute atomic E-state index is 6.03. The number of nitrogens with zero attached hydrogens (tertiary/aromatic N) is 3. The van der Waals surface area contributed by atoms with E-state index >= 15 is 0 Å². The SMILES string of the molecule is CCCc1nc(Cl)cc(NCC2CCN(CC)C2)n1. The van der Waals surface area contributed by atoms with Crippen molar-refractivity contribution >= 4 is 17.4 Å². The molecule has 1 aromatic rings. The molecular weight excluding hydrogens is 260 g/mol. The van der Waals surface area contributed by atoms with Crippen LogP contribution in [-0.4, -0.2) is 41.0 Å². The second-order valence-electron chi connectivity index (χ2n) is 5.17. The first-order chi connectivity index (χ1) is 9.21. The van der Waals surface area contributed by atoms with Crippen molar-refractivity contribution in [3.05, 3.63) is 17.0 Å². The van der Waals surface area contributed by atoms with Crippen LogP contribution in [0.1, 0.15) is 32.5 Å². The van der Waals surface area contributed by atoms with Gasteiger partial charge < -0.3 is 10.2 Å². The lowest BCUT2D eigenvalue weighted by atomic mass is 10.1. The minimum Gasteiger partial charge on any atom is -0.370 e. The summed E-state index contributed by atoms with van der Waals surface area (Å²) < 4.78 is 0. The summed E-state index contributed by atoms with van der Waals surface area (Å²) in [6, 6.07) is 1.81. The fourth-order valence-electron chi connectivity index (χ4n) is 2.51. The molecule has 0 radical (unpaired) electrons. The standard InChI is InChI=1S/C14H23ClN4/c1-3-5-13-17-12(15)8-14(18-13)16-9-11-6-7-19(4-2)10-11/h8,11H,3-7,9-10H2,1-2H3,(H,16,17,18). The third-order valence-corrected chi connectivity index (χ3v) is 3.80. The van der Waals surface area contributed by atoms with E-state index in [0.29, 0.717) is 11.1 Å². The molecule has 4 nitrogen and oxygen atoms in total. The highest BCUT2D eigenvalue weighted by Gasteiger charge is 2.20. The van der Waals surface area contributed by atoms with E-state index in [9.17, 15) is 0 Å². The molecule has 1 unspecified atom stereocenters. The van der Waals surface area contributed by atoms with Crippen LogP contribution in [-0.2, 0) is 6.42 Å². The van der Waals surface area contributed by atoms with Gasteiger partial charge in [-0.2, -0.15) is 0 Å². The number of rotatable bonds is 6. The Morgan fingerprint density at radius 2 is 2.26 bits per heavy atom. The van der Waals surface area contributed by atoms with Crippen molar-refractivity contribution in [3.63, 3.8) is 0 Å². The predicted molar refractivity (Wildman–Crippen MR) is 79.7 cm³/mol. The summed E-state index contributed by atoms with van der Waals surface area (Å²) >= 11 is 6.03. The minimum absolute atomic E-state index is 0.530. The third-order valence-electron chi connectivity index (χ3n) is 3.60. The van der Waals surface area contributed by atoms with Gasteiger partial charge in [0.05, 0.1) is 0 Å². The summed E-state index contributed by atoms with van der Waals surface area (Å²) in [6.45, 7) is 8.86. The number of likely N-dealkylation sites (tertiary alicyclic amines) is 1. The molecule has 0 saturated carbocycles. The van der Waals surface area contributed by atoms with Crippen LogP contribution in [0, 0.1) is 5.92 Å².